The fourth-order valence-electron chi connectivity index (χ4n) is 2.54. The third kappa shape index (κ3) is 3.22. The van der Waals surface area contributed by atoms with Crippen LogP contribution in [0.1, 0.15) is 24.5 Å². The fraction of sp³-hybridized carbons (Fsp3) is 0.571. The summed E-state index contributed by atoms with van der Waals surface area (Å²) in [5, 5.41) is 13.9. The summed E-state index contributed by atoms with van der Waals surface area (Å²) in [4.78, 5) is 0. The van der Waals surface area contributed by atoms with Gasteiger partial charge in [-0.3, -0.25) is 0 Å². The summed E-state index contributed by atoms with van der Waals surface area (Å²) < 4.78 is 11.4. The predicted molar refractivity (Wildman–Crippen MR) is 77.8 cm³/mol. The van der Waals surface area contributed by atoms with Gasteiger partial charge in [-0.15, -0.1) is 0 Å². The monoisotopic (exact) mass is 329 g/mol. The third-order valence-corrected chi connectivity index (χ3v) is 4.30. The number of aliphatic hydroxyl groups is 1. The van der Waals surface area contributed by atoms with Crippen molar-refractivity contribution in [2.24, 2.45) is 5.92 Å². The van der Waals surface area contributed by atoms with Crippen molar-refractivity contribution in [1.29, 1.82) is 0 Å². The summed E-state index contributed by atoms with van der Waals surface area (Å²) in [5.41, 5.74) is 0.815. The minimum absolute atomic E-state index is 0.264. The Hall–Kier alpha value is -0.780. The van der Waals surface area contributed by atoms with E-state index in [9.17, 15) is 5.11 Å². The van der Waals surface area contributed by atoms with Crippen LogP contribution in [0.2, 0.25) is 0 Å². The van der Waals surface area contributed by atoms with Crippen LogP contribution < -0.4 is 14.8 Å². The van der Waals surface area contributed by atoms with Crippen LogP contribution in [0.15, 0.2) is 16.6 Å². The summed E-state index contributed by atoms with van der Waals surface area (Å²) in [7, 11) is 3.23. The van der Waals surface area contributed by atoms with Gasteiger partial charge in [-0.2, -0.15) is 0 Å². The molecule has 2 N–H and O–H groups in total. The van der Waals surface area contributed by atoms with Crippen molar-refractivity contribution in [2.75, 3.05) is 27.3 Å². The van der Waals surface area contributed by atoms with E-state index in [4.69, 9.17) is 9.47 Å². The number of hydrogen-bond acceptors (Lipinski definition) is 4. The lowest BCUT2D eigenvalue weighted by Gasteiger charge is -2.29. The van der Waals surface area contributed by atoms with Crippen LogP contribution in [0, 0.1) is 5.92 Å². The predicted octanol–water partition coefficient (Wildman–Crippen LogP) is 2.50. The van der Waals surface area contributed by atoms with Gasteiger partial charge in [0, 0.05) is 16.1 Å². The number of rotatable bonds is 4. The van der Waals surface area contributed by atoms with Crippen molar-refractivity contribution in [3.8, 4) is 11.5 Å². The lowest BCUT2D eigenvalue weighted by molar-refractivity contribution is 0.0857. The number of aliphatic hydroxyl groups excluding tert-OH is 1. The minimum Gasteiger partial charge on any atom is -0.497 e. The lowest BCUT2D eigenvalue weighted by atomic mass is 9.87. The van der Waals surface area contributed by atoms with Gasteiger partial charge in [0.1, 0.15) is 11.5 Å². The second-order valence-electron chi connectivity index (χ2n) is 4.76. The molecule has 0 aromatic heterocycles. The zero-order chi connectivity index (χ0) is 13.8. The molecule has 1 aliphatic heterocycles. The van der Waals surface area contributed by atoms with E-state index in [0.29, 0.717) is 11.5 Å². The molecule has 5 heteroatoms. The first-order chi connectivity index (χ1) is 9.17. The Labute approximate surface area is 122 Å². The van der Waals surface area contributed by atoms with E-state index < -0.39 is 6.10 Å². The summed E-state index contributed by atoms with van der Waals surface area (Å²) >= 11 is 3.51. The molecule has 1 aromatic carbocycles. The topological polar surface area (TPSA) is 50.7 Å². The molecule has 0 amide bonds. The van der Waals surface area contributed by atoms with E-state index >= 15 is 0 Å². The maximum atomic E-state index is 10.6. The Bertz CT molecular complexity index is 433. The smallest absolute Gasteiger partial charge is 0.129 e. The van der Waals surface area contributed by atoms with Crippen LogP contribution in [0.25, 0.3) is 0 Å². The molecule has 1 fully saturated rings. The van der Waals surface area contributed by atoms with Gasteiger partial charge in [0.2, 0.25) is 0 Å². The Morgan fingerprint density at radius 1 is 1.26 bits per heavy atom. The van der Waals surface area contributed by atoms with Gasteiger partial charge in [-0.05, 0) is 37.9 Å². The van der Waals surface area contributed by atoms with Crippen LogP contribution in [0.4, 0.5) is 0 Å². The van der Waals surface area contributed by atoms with Crippen LogP contribution in [0.3, 0.4) is 0 Å². The highest BCUT2D eigenvalue weighted by molar-refractivity contribution is 9.10. The Kier molecular flexibility index (Phi) is 5.07. The Balaban J connectivity index is 2.31. The number of hydrogen-bond donors (Lipinski definition) is 2. The maximum Gasteiger partial charge on any atom is 0.129 e. The maximum absolute atomic E-state index is 10.6. The third-order valence-electron chi connectivity index (χ3n) is 3.65. The van der Waals surface area contributed by atoms with Crippen molar-refractivity contribution >= 4 is 15.9 Å². The molecule has 106 valence electrons. The minimum atomic E-state index is -0.516. The highest BCUT2D eigenvalue weighted by atomic mass is 79.9. The summed E-state index contributed by atoms with van der Waals surface area (Å²) in [6.07, 6.45) is 1.43. The van der Waals surface area contributed by atoms with Gasteiger partial charge in [0.25, 0.3) is 0 Å². The number of ether oxygens (including phenoxy) is 2. The van der Waals surface area contributed by atoms with E-state index in [2.05, 4.69) is 21.2 Å². The van der Waals surface area contributed by atoms with Gasteiger partial charge in [-0.1, -0.05) is 15.9 Å². The van der Waals surface area contributed by atoms with E-state index in [1.807, 2.05) is 12.1 Å². The highest BCUT2D eigenvalue weighted by Gasteiger charge is 2.27. The van der Waals surface area contributed by atoms with Crippen LogP contribution in [-0.4, -0.2) is 32.4 Å². The van der Waals surface area contributed by atoms with Crippen LogP contribution in [0.5, 0.6) is 11.5 Å². The molecule has 1 aromatic rings. The molecule has 0 saturated carbocycles. The number of benzene rings is 1. The molecule has 1 unspecified atom stereocenters. The molecule has 0 aliphatic carbocycles. The van der Waals surface area contributed by atoms with E-state index in [1.54, 1.807) is 14.2 Å². The Morgan fingerprint density at radius 3 is 2.53 bits per heavy atom. The molecule has 4 nitrogen and oxygen atoms in total. The van der Waals surface area contributed by atoms with Crippen molar-refractivity contribution in [1.82, 2.24) is 5.32 Å². The van der Waals surface area contributed by atoms with Crippen molar-refractivity contribution in [2.45, 2.75) is 18.9 Å². The fourth-order valence-corrected chi connectivity index (χ4v) is 3.19. The first-order valence-corrected chi connectivity index (χ1v) is 7.27. The second-order valence-corrected chi connectivity index (χ2v) is 5.61. The largest absolute Gasteiger partial charge is 0.497 e. The molecule has 0 radical (unpaired) electrons. The number of piperidine rings is 1. The molecule has 0 bridgehead atoms. The average molecular weight is 330 g/mol. The Morgan fingerprint density at radius 2 is 1.95 bits per heavy atom. The van der Waals surface area contributed by atoms with Crippen LogP contribution in [-0.2, 0) is 0 Å². The van der Waals surface area contributed by atoms with Crippen LogP contribution >= 0.6 is 15.9 Å². The van der Waals surface area contributed by atoms with Gasteiger partial charge in [0.05, 0.1) is 20.3 Å². The average Bonchev–Trinajstić information content (AvgIpc) is 2.46. The number of methoxy groups -OCH3 is 2. The molecule has 1 aliphatic rings. The van der Waals surface area contributed by atoms with Crippen molar-refractivity contribution in [3.63, 3.8) is 0 Å². The van der Waals surface area contributed by atoms with Gasteiger partial charge < -0.3 is 19.9 Å². The SMILES string of the molecule is COc1cc(Br)c(C(O)C2CCNCC2)c(OC)c1. The van der Waals surface area contributed by atoms with Gasteiger partial charge in [0.15, 0.2) is 0 Å². The second kappa shape index (κ2) is 6.59. The zero-order valence-corrected chi connectivity index (χ0v) is 12.9. The molecule has 1 heterocycles. The van der Waals surface area contributed by atoms with E-state index in [1.165, 1.54) is 0 Å². The first kappa shape index (κ1) is 14.6. The number of nitrogens with one attached hydrogen (secondary N) is 1. The van der Waals surface area contributed by atoms with Crippen molar-refractivity contribution in [3.05, 3.63) is 22.2 Å². The molecule has 2 rings (SSSR count). The van der Waals surface area contributed by atoms with E-state index in [0.717, 1.165) is 36.0 Å². The zero-order valence-electron chi connectivity index (χ0n) is 11.3. The standard InChI is InChI=1S/C14H20BrNO3/c1-18-10-7-11(15)13(12(8-10)19-2)14(17)9-3-5-16-6-4-9/h7-9,14,16-17H,3-6H2,1-2H3. The summed E-state index contributed by atoms with van der Waals surface area (Å²) in [5.74, 6) is 1.64. The summed E-state index contributed by atoms with van der Waals surface area (Å²) in [6, 6.07) is 3.67. The van der Waals surface area contributed by atoms with Crippen molar-refractivity contribution < 1.29 is 14.6 Å². The van der Waals surface area contributed by atoms with Gasteiger partial charge >= 0.3 is 0 Å². The molecule has 1 atom stereocenters. The molecular weight excluding hydrogens is 310 g/mol. The first-order valence-electron chi connectivity index (χ1n) is 6.47. The highest BCUT2D eigenvalue weighted by Crippen LogP contribution is 2.41. The molecule has 1 saturated heterocycles. The lowest BCUT2D eigenvalue weighted by Crippen LogP contribution is -2.31. The molecule has 0 spiro atoms. The number of halogens is 1. The normalized spacial score (nSPS) is 18.1. The summed E-state index contributed by atoms with van der Waals surface area (Å²) in [6.45, 7) is 1.91. The quantitative estimate of drug-likeness (QED) is 0.891. The molecular formula is C14H20BrNO3. The van der Waals surface area contributed by atoms with Gasteiger partial charge in [-0.25, -0.2) is 0 Å². The van der Waals surface area contributed by atoms with E-state index in [-0.39, 0.29) is 5.92 Å². The molecule has 19 heavy (non-hydrogen) atoms.